The zero-order valence-electron chi connectivity index (χ0n) is 15.4. The first-order chi connectivity index (χ1) is 14.4. The number of nitrogens with zero attached hydrogens (tertiary/aromatic N) is 3. The molecule has 3 aromatic carbocycles. The average Bonchev–Trinajstić information content (AvgIpc) is 2.74. The number of hydrazone groups is 1. The molecule has 0 bridgehead atoms. The molecule has 152 valence electrons. The standard InChI is InChI=1S/C20H15IN4O5/c21-16-5-1-15(2-6-16)13-30-18-8-3-14(4-9-18)12-22-23-19-10-7-17(24(26)27)11-20(19)25(28)29/h1-12,23H,13H2/b22-12-. The van der Waals surface area contributed by atoms with Crippen molar-refractivity contribution in [3.05, 3.63) is 102 Å². The molecular formula is C20H15IN4O5. The molecular weight excluding hydrogens is 503 g/mol. The van der Waals surface area contributed by atoms with Crippen LogP contribution in [0.5, 0.6) is 5.75 Å². The first-order valence-corrected chi connectivity index (χ1v) is 9.69. The van der Waals surface area contributed by atoms with Crippen LogP contribution in [0, 0.1) is 23.8 Å². The lowest BCUT2D eigenvalue weighted by atomic mass is 10.2. The fraction of sp³-hybridized carbons (Fsp3) is 0.0500. The number of halogens is 1. The third kappa shape index (κ3) is 5.73. The van der Waals surface area contributed by atoms with Crippen molar-refractivity contribution < 1.29 is 14.6 Å². The van der Waals surface area contributed by atoms with E-state index >= 15 is 0 Å². The third-order valence-electron chi connectivity index (χ3n) is 3.99. The Hall–Kier alpha value is -3.54. The minimum absolute atomic E-state index is 0.0549. The summed E-state index contributed by atoms with van der Waals surface area (Å²) >= 11 is 2.24. The average molecular weight is 518 g/mol. The molecule has 0 amide bonds. The van der Waals surface area contributed by atoms with Gasteiger partial charge in [-0.1, -0.05) is 12.1 Å². The number of benzene rings is 3. The molecule has 0 aliphatic carbocycles. The molecule has 30 heavy (non-hydrogen) atoms. The molecule has 0 atom stereocenters. The Balaban J connectivity index is 1.61. The Bertz CT molecular complexity index is 1090. The quantitative estimate of drug-likeness (QED) is 0.191. The van der Waals surface area contributed by atoms with E-state index in [0.717, 1.165) is 20.8 Å². The second kappa shape index (κ2) is 9.78. The molecule has 0 aliphatic rings. The number of nitro benzene ring substituents is 2. The van der Waals surface area contributed by atoms with Crippen LogP contribution in [0.2, 0.25) is 0 Å². The van der Waals surface area contributed by atoms with Crippen LogP contribution in [0.4, 0.5) is 17.1 Å². The second-order valence-electron chi connectivity index (χ2n) is 6.07. The van der Waals surface area contributed by atoms with E-state index in [-0.39, 0.29) is 11.4 Å². The number of nitro groups is 2. The lowest BCUT2D eigenvalue weighted by Crippen LogP contribution is -1.99. The van der Waals surface area contributed by atoms with Crippen molar-refractivity contribution in [2.75, 3.05) is 5.43 Å². The summed E-state index contributed by atoms with van der Waals surface area (Å²) in [5.41, 5.74) is 3.62. The van der Waals surface area contributed by atoms with E-state index in [1.807, 2.05) is 24.3 Å². The first-order valence-electron chi connectivity index (χ1n) is 8.61. The van der Waals surface area contributed by atoms with E-state index in [1.54, 1.807) is 24.3 Å². The van der Waals surface area contributed by atoms with E-state index in [4.69, 9.17) is 4.74 Å². The van der Waals surface area contributed by atoms with Crippen molar-refractivity contribution in [1.29, 1.82) is 0 Å². The normalized spacial score (nSPS) is 10.7. The van der Waals surface area contributed by atoms with Crippen LogP contribution in [-0.4, -0.2) is 16.1 Å². The fourth-order valence-corrected chi connectivity index (χ4v) is 2.81. The molecule has 9 nitrogen and oxygen atoms in total. The van der Waals surface area contributed by atoms with Gasteiger partial charge in [-0.25, -0.2) is 0 Å². The first kappa shape index (κ1) is 21.2. The predicted molar refractivity (Wildman–Crippen MR) is 121 cm³/mol. The molecule has 0 unspecified atom stereocenters. The fourth-order valence-electron chi connectivity index (χ4n) is 2.45. The van der Waals surface area contributed by atoms with Crippen molar-refractivity contribution in [3.8, 4) is 5.75 Å². The maximum Gasteiger partial charge on any atom is 0.301 e. The van der Waals surface area contributed by atoms with Gasteiger partial charge in [-0.3, -0.25) is 25.7 Å². The van der Waals surface area contributed by atoms with Gasteiger partial charge in [0.1, 0.15) is 18.0 Å². The summed E-state index contributed by atoms with van der Waals surface area (Å²) in [5, 5.41) is 25.9. The third-order valence-corrected chi connectivity index (χ3v) is 4.71. The number of hydrogen-bond acceptors (Lipinski definition) is 7. The predicted octanol–water partition coefficient (Wildman–Crippen LogP) is 5.13. The van der Waals surface area contributed by atoms with Gasteiger partial charge in [-0.2, -0.15) is 5.10 Å². The van der Waals surface area contributed by atoms with Crippen LogP contribution in [0.3, 0.4) is 0 Å². The smallest absolute Gasteiger partial charge is 0.301 e. The van der Waals surface area contributed by atoms with Crippen LogP contribution in [0.1, 0.15) is 11.1 Å². The maximum atomic E-state index is 11.1. The van der Waals surface area contributed by atoms with Gasteiger partial charge < -0.3 is 4.74 Å². The molecule has 0 heterocycles. The van der Waals surface area contributed by atoms with Crippen molar-refractivity contribution >= 4 is 45.9 Å². The number of rotatable bonds is 8. The van der Waals surface area contributed by atoms with Crippen molar-refractivity contribution in [2.24, 2.45) is 5.10 Å². The van der Waals surface area contributed by atoms with Crippen LogP contribution < -0.4 is 10.2 Å². The Morgan fingerprint density at radius 2 is 1.67 bits per heavy atom. The zero-order chi connectivity index (χ0) is 21.5. The lowest BCUT2D eigenvalue weighted by Gasteiger charge is -2.06. The van der Waals surface area contributed by atoms with Crippen molar-refractivity contribution in [1.82, 2.24) is 0 Å². The molecule has 0 saturated carbocycles. The van der Waals surface area contributed by atoms with E-state index in [9.17, 15) is 20.2 Å². The molecule has 0 fully saturated rings. The summed E-state index contributed by atoms with van der Waals surface area (Å²) in [6.07, 6.45) is 1.48. The number of hydrogen-bond donors (Lipinski definition) is 1. The highest BCUT2D eigenvalue weighted by Crippen LogP contribution is 2.28. The molecule has 10 heteroatoms. The highest BCUT2D eigenvalue weighted by Gasteiger charge is 2.19. The van der Waals surface area contributed by atoms with Gasteiger partial charge in [-0.15, -0.1) is 0 Å². The maximum absolute atomic E-state index is 11.1. The number of nitrogens with one attached hydrogen (secondary N) is 1. The summed E-state index contributed by atoms with van der Waals surface area (Å²) in [4.78, 5) is 20.5. The molecule has 3 aromatic rings. The van der Waals surface area contributed by atoms with Gasteiger partial charge in [0, 0.05) is 9.64 Å². The van der Waals surface area contributed by atoms with E-state index in [1.165, 1.54) is 18.3 Å². The molecule has 3 rings (SSSR count). The monoisotopic (exact) mass is 518 g/mol. The van der Waals surface area contributed by atoms with Gasteiger partial charge >= 0.3 is 5.69 Å². The summed E-state index contributed by atoms with van der Waals surface area (Å²) in [6, 6.07) is 18.5. The summed E-state index contributed by atoms with van der Waals surface area (Å²) < 4.78 is 6.90. The van der Waals surface area contributed by atoms with Gasteiger partial charge in [-0.05, 0) is 76.2 Å². The number of anilines is 1. The number of ether oxygens (including phenoxy) is 1. The van der Waals surface area contributed by atoms with Gasteiger partial charge in [0.2, 0.25) is 0 Å². The van der Waals surface area contributed by atoms with Crippen LogP contribution in [-0.2, 0) is 6.61 Å². The molecule has 0 spiro atoms. The van der Waals surface area contributed by atoms with Crippen LogP contribution in [0.25, 0.3) is 0 Å². The van der Waals surface area contributed by atoms with Crippen molar-refractivity contribution in [2.45, 2.75) is 6.61 Å². The Morgan fingerprint density at radius 1 is 0.967 bits per heavy atom. The highest BCUT2D eigenvalue weighted by molar-refractivity contribution is 14.1. The van der Waals surface area contributed by atoms with E-state index < -0.39 is 15.5 Å². The minimum atomic E-state index is -0.704. The lowest BCUT2D eigenvalue weighted by molar-refractivity contribution is -0.393. The molecule has 0 aliphatic heterocycles. The topological polar surface area (TPSA) is 120 Å². The Kier molecular flexibility index (Phi) is 6.91. The summed E-state index contributed by atoms with van der Waals surface area (Å²) in [5.74, 6) is 0.699. The van der Waals surface area contributed by atoms with Gasteiger partial charge in [0.15, 0.2) is 0 Å². The van der Waals surface area contributed by atoms with Gasteiger partial charge in [0.25, 0.3) is 5.69 Å². The molecule has 0 radical (unpaired) electrons. The summed E-state index contributed by atoms with van der Waals surface area (Å²) in [7, 11) is 0. The Labute approximate surface area is 184 Å². The highest BCUT2D eigenvalue weighted by atomic mass is 127. The van der Waals surface area contributed by atoms with Gasteiger partial charge in [0.05, 0.1) is 22.1 Å². The second-order valence-corrected chi connectivity index (χ2v) is 7.32. The van der Waals surface area contributed by atoms with Crippen molar-refractivity contribution in [3.63, 3.8) is 0 Å². The number of non-ortho nitro benzene ring substituents is 1. The van der Waals surface area contributed by atoms with E-state index in [2.05, 4.69) is 33.1 Å². The summed E-state index contributed by atoms with van der Waals surface area (Å²) in [6.45, 7) is 0.454. The minimum Gasteiger partial charge on any atom is -0.489 e. The van der Waals surface area contributed by atoms with E-state index in [0.29, 0.717) is 12.4 Å². The molecule has 0 saturated heterocycles. The molecule has 0 aromatic heterocycles. The Morgan fingerprint density at radius 3 is 2.30 bits per heavy atom. The van der Waals surface area contributed by atoms with Crippen LogP contribution in [0.15, 0.2) is 71.8 Å². The SMILES string of the molecule is O=[N+]([O-])c1ccc(N/N=C\c2ccc(OCc3ccc(I)cc3)cc2)c([N+](=O)[O-])c1. The zero-order valence-corrected chi connectivity index (χ0v) is 17.6. The largest absolute Gasteiger partial charge is 0.489 e. The molecule has 1 N–H and O–H groups in total. The van der Waals surface area contributed by atoms with Crippen LogP contribution >= 0.6 is 22.6 Å².